The highest BCUT2D eigenvalue weighted by Crippen LogP contribution is 2.22. The van der Waals surface area contributed by atoms with Gasteiger partial charge in [-0.25, -0.2) is 0 Å². The molecule has 134 valence electrons. The van der Waals surface area contributed by atoms with Crippen LogP contribution in [0.3, 0.4) is 0 Å². The van der Waals surface area contributed by atoms with Crippen LogP contribution in [0, 0.1) is 5.92 Å². The van der Waals surface area contributed by atoms with Gasteiger partial charge in [0.2, 0.25) is 0 Å². The van der Waals surface area contributed by atoms with Gasteiger partial charge in [0.05, 0.1) is 19.3 Å². The van der Waals surface area contributed by atoms with Crippen molar-refractivity contribution in [2.24, 2.45) is 10.9 Å². The fourth-order valence-corrected chi connectivity index (χ4v) is 3.80. The molecule has 0 aromatic carbocycles. The van der Waals surface area contributed by atoms with E-state index in [1.54, 1.807) is 0 Å². The Hall–Kier alpha value is -0.120. The molecule has 3 heterocycles. The predicted octanol–water partition coefficient (Wildman–Crippen LogP) is 1.01. The van der Waals surface area contributed by atoms with Crippen molar-refractivity contribution in [2.75, 3.05) is 60.1 Å². The zero-order chi connectivity index (χ0) is 15.4. The molecule has 0 aromatic heterocycles. The first-order valence-corrected chi connectivity index (χ1v) is 8.61. The molecular formula is C16H31IN4O2. The molecule has 0 radical (unpaired) electrons. The van der Waals surface area contributed by atoms with Gasteiger partial charge in [-0.15, -0.1) is 24.0 Å². The highest BCUT2D eigenvalue weighted by molar-refractivity contribution is 14.0. The smallest absolute Gasteiger partial charge is 0.193 e. The van der Waals surface area contributed by atoms with Crippen LogP contribution in [0.1, 0.15) is 19.3 Å². The molecule has 3 atom stereocenters. The zero-order valence-corrected chi connectivity index (χ0v) is 16.7. The maximum absolute atomic E-state index is 6.00. The van der Waals surface area contributed by atoms with Crippen molar-refractivity contribution < 1.29 is 9.47 Å². The minimum Gasteiger partial charge on any atom is -0.381 e. The number of hydrogen-bond acceptors (Lipinski definition) is 4. The number of nitrogens with one attached hydrogen (secondary N) is 1. The lowest BCUT2D eigenvalue weighted by atomic mass is 10.1. The van der Waals surface area contributed by atoms with Gasteiger partial charge in [-0.2, -0.15) is 0 Å². The molecule has 0 spiro atoms. The van der Waals surface area contributed by atoms with Gasteiger partial charge in [0.1, 0.15) is 0 Å². The van der Waals surface area contributed by atoms with E-state index in [9.17, 15) is 0 Å². The molecule has 0 aromatic rings. The second kappa shape index (κ2) is 9.39. The van der Waals surface area contributed by atoms with Gasteiger partial charge in [-0.05, 0) is 25.8 Å². The van der Waals surface area contributed by atoms with E-state index in [-0.39, 0.29) is 30.1 Å². The predicted molar refractivity (Wildman–Crippen MR) is 103 cm³/mol. The number of aliphatic imine (C=N–C) groups is 1. The molecule has 7 heteroatoms. The van der Waals surface area contributed by atoms with E-state index in [0.717, 1.165) is 51.8 Å². The normalized spacial score (nSPS) is 31.6. The number of hydrogen-bond donors (Lipinski definition) is 1. The third-order valence-corrected chi connectivity index (χ3v) is 5.08. The second-order valence-electron chi connectivity index (χ2n) is 6.78. The maximum Gasteiger partial charge on any atom is 0.193 e. The van der Waals surface area contributed by atoms with Crippen molar-refractivity contribution in [2.45, 2.75) is 31.4 Å². The summed E-state index contributed by atoms with van der Waals surface area (Å²) in [5.41, 5.74) is 0. The Morgan fingerprint density at radius 2 is 2.22 bits per heavy atom. The fraction of sp³-hybridized carbons (Fsp3) is 0.938. The molecule has 0 aliphatic carbocycles. The second-order valence-corrected chi connectivity index (χ2v) is 6.78. The van der Waals surface area contributed by atoms with E-state index >= 15 is 0 Å². The summed E-state index contributed by atoms with van der Waals surface area (Å²) in [7, 11) is 3.95. The monoisotopic (exact) mass is 438 g/mol. The summed E-state index contributed by atoms with van der Waals surface area (Å²) in [6, 6.07) is 0.667. The maximum atomic E-state index is 6.00. The molecule has 1 N–H and O–H groups in total. The summed E-state index contributed by atoms with van der Waals surface area (Å²) in [4.78, 5) is 9.19. The molecule has 0 saturated carbocycles. The molecule has 3 saturated heterocycles. The molecule has 3 unspecified atom stereocenters. The van der Waals surface area contributed by atoms with Crippen LogP contribution in [0.4, 0.5) is 0 Å². The van der Waals surface area contributed by atoms with E-state index in [4.69, 9.17) is 9.47 Å². The first-order valence-electron chi connectivity index (χ1n) is 8.61. The topological polar surface area (TPSA) is 49.3 Å². The average molecular weight is 438 g/mol. The Kier molecular flexibility index (Phi) is 7.84. The summed E-state index contributed by atoms with van der Waals surface area (Å²) >= 11 is 0. The minimum atomic E-state index is 0. The number of rotatable bonds is 4. The molecule has 3 aliphatic rings. The number of halogens is 1. The van der Waals surface area contributed by atoms with Gasteiger partial charge >= 0.3 is 0 Å². The van der Waals surface area contributed by atoms with Crippen LogP contribution in [-0.4, -0.2) is 88.0 Å². The van der Waals surface area contributed by atoms with Gasteiger partial charge in [-0.1, -0.05) is 0 Å². The van der Waals surface area contributed by atoms with Gasteiger partial charge in [0.15, 0.2) is 5.96 Å². The van der Waals surface area contributed by atoms with Gasteiger partial charge in [0, 0.05) is 52.3 Å². The number of fused-ring (bicyclic) bond motifs is 1. The van der Waals surface area contributed by atoms with Gasteiger partial charge in [-0.3, -0.25) is 9.89 Å². The van der Waals surface area contributed by atoms with E-state index in [0.29, 0.717) is 12.0 Å². The largest absolute Gasteiger partial charge is 0.381 e. The molecule has 0 amide bonds. The van der Waals surface area contributed by atoms with Crippen molar-refractivity contribution in [3.8, 4) is 0 Å². The molecule has 23 heavy (non-hydrogen) atoms. The Morgan fingerprint density at radius 3 is 2.96 bits per heavy atom. The Bertz CT molecular complexity index is 390. The number of nitrogens with zero attached hydrogens (tertiary/aromatic N) is 3. The number of morpholine rings is 1. The SMILES string of the molecule is CN=C(NCC1CN2CCCC2CO1)N(C)CC1CCOC1.I. The van der Waals surface area contributed by atoms with Crippen molar-refractivity contribution in [1.82, 2.24) is 15.1 Å². The van der Waals surface area contributed by atoms with E-state index in [1.807, 2.05) is 7.05 Å². The Balaban J connectivity index is 0.00000192. The number of ether oxygens (including phenoxy) is 2. The lowest BCUT2D eigenvalue weighted by Gasteiger charge is -2.36. The molecule has 6 nitrogen and oxygen atoms in total. The molecular weight excluding hydrogens is 407 g/mol. The fourth-order valence-electron chi connectivity index (χ4n) is 3.80. The van der Waals surface area contributed by atoms with Crippen molar-refractivity contribution in [1.29, 1.82) is 0 Å². The summed E-state index contributed by atoms with van der Waals surface area (Å²) < 4.78 is 11.5. The van der Waals surface area contributed by atoms with Crippen LogP contribution >= 0.6 is 24.0 Å². The summed E-state index contributed by atoms with van der Waals surface area (Å²) in [6.45, 7) is 6.79. The van der Waals surface area contributed by atoms with Crippen LogP contribution in [0.15, 0.2) is 4.99 Å². The minimum absolute atomic E-state index is 0. The lowest BCUT2D eigenvalue weighted by molar-refractivity contribution is -0.0454. The zero-order valence-electron chi connectivity index (χ0n) is 14.4. The van der Waals surface area contributed by atoms with Crippen molar-refractivity contribution >= 4 is 29.9 Å². The summed E-state index contributed by atoms with van der Waals surface area (Å²) in [6.07, 6.45) is 4.05. The Labute approximate surface area is 157 Å². The van der Waals surface area contributed by atoms with E-state index in [2.05, 4.69) is 27.2 Å². The van der Waals surface area contributed by atoms with Gasteiger partial charge in [0.25, 0.3) is 0 Å². The first kappa shape index (κ1) is 19.2. The van der Waals surface area contributed by atoms with Crippen LogP contribution in [-0.2, 0) is 9.47 Å². The highest BCUT2D eigenvalue weighted by atomic mass is 127. The third kappa shape index (κ3) is 5.17. The van der Waals surface area contributed by atoms with Crippen LogP contribution in [0.2, 0.25) is 0 Å². The highest BCUT2D eigenvalue weighted by Gasteiger charge is 2.32. The van der Waals surface area contributed by atoms with Crippen molar-refractivity contribution in [3.05, 3.63) is 0 Å². The van der Waals surface area contributed by atoms with Gasteiger partial charge < -0.3 is 19.7 Å². The number of guanidine groups is 1. The summed E-state index contributed by atoms with van der Waals surface area (Å²) in [5, 5.41) is 3.48. The standard InChI is InChI=1S/C16H30N4O2.HI/c1-17-16(19(2)9-13-5-7-21-11-13)18-8-15-10-20-6-3-4-14(20)12-22-15;/h13-15H,3-12H2,1-2H3,(H,17,18);1H. The van der Waals surface area contributed by atoms with Crippen LogP contribution in [0.25, 0.3) is 0 Å². The quantitative estimate of drug-likeness (QED) is 0.404. The molecule has 3 fully saturated rings. The first-order chi connectivity index (χ1) is 10.8. The summed E-state index contributed by atoms with van der Waals surface area (Å²) in [5.74, 6) is 1.58. The van der Waals surface area contributed by atoms with Crippen LogP contribution < -0.4 is 5.32 Å². The van der Waals surface area contributed by atoms with E-state index < -0.39 is 0 Å². The Morgan fingerprint density at radius 1 is 1.35 bits per heavy atom. The molecule has 3 aliphatic heterocycles. The third-order valence-electron chi connectivity index (χ3n) is 5.08. The molecule has 3 rings (SSSR count). The van der Waals surface area contributed by atoms with Crippen LogP contribution in [0.5, 0.6) is 0 Å². The molecule has 0 bridgehead atoms. The lowest BCUT2D eigenvalue weighted by Crippen LogP contribution is -2.51. The van der Waals surface area contributed by atoms with E-state index in [1.165, 1.54) is 19.4 Å². The van der Waals surface area contributed by atoms with Crippen molar-refractivity contribution in [3.63, 3.8) is 0 Å². The average Bonchev–Trinajstić information content (AvgIpc) is 3.18.